The van der Waals surface area contributed by atoms with E-state index in [9.17, 15) is 4.79 Å². The van der Waals surface area contributed by atoms with Crippen LogP contribution in [0.5, 0.6) is 5.75 Å². The summed E-state index contributed by atoms with van der Waals surface area (Å²) in [5.41, 5.74) is 3.31. The zero-order valence-electron chi connectivity index (χ0n) is 16.2. The number of thioether (sulfide) groups is 1. The molecule has 146 valence electrons. The van der Waals surface area contributed by atoms with Gasteiger partial charge in [-0.2, -0.15) is 5.10 Å². The smallest absolute Gasteiger partial charge is 0.239 e. The summed E-state index contributed by atoms with van der Waals surface area (Å²) in [7, 11) is 0. The molecule has 1 unspecified atom stereocenters. The second-order valence-electron chi connectivity index (χ2n) is 6.51. The van der Waals surface area contributed by atoms with Gasteiger partial charge in [-0.25, -0.2) is 0 Å². The molecule has 1 N–H and O–H groups in total. The van der Waals surface area contributed by atoms with Gasteiger partial charge in [0.1, 0.15) is 5.75 Å². The van der Waals surface area contributed by atoms with Crippen molar-refractivity contribution in [3.05, 3.63) is 65.2 Å². The zero-order chi connectivity index (χ0) is 19.8. The first-order valence-corrected chi connectivity index (χ1v) is 10.5. The van der Waals surface area contributed by atoms with E-state index >= 15 is 0 Å². The van der Waals surface area contributed by atoms with Gasteiger partial charge in [-0.15, -0.1) is 5.10 Å². The summed E-state index contributed by atoms with van der Waals surface area (Å²) in [6, 6.07) is 16.1. The van der Waals surface area contributed by atoms with Crippen molar-refractivity contribution < 1.29 is 9.53 Å². The number of amides is 1. The molecular weight excluding hydrogens is 370 g/mol. The molecule has 1 amide bonds. The number of carbonyl (C=O) groups is 1. The van der Waals surface area contributed by atoms with Gasteiger partial charge in [-0.05, 0) is 42.5 Å². The van der Waals surface area contributed by atoms with E-state index in [0.29, 0.717) is 18.2 Å². The van der Waals surface area contributed by atoms with E-state index in [0.717, 1.165) is 29.7 Å². The number of nitrogens with one attached hydrogen (secondary N) is 1. The van der Waals surface area contributed by atoms with E-state index < -0.39 is 0 Å². The van der Waals surface area contributed by atoms with E-state index in [1.54, 1.807) is 6.21 Å². The van der Waals surface area contributed by atoms with E-state index in [2.05, 4.69) is 53.6 Å². The molecule has 1 aliphatic heterocycles. The minimum atomic E-state index is -0.179. The average molecular weight is 396 g/mol. The number of aryl methyl sites for hydroxylation is 1. The first-order chi connectivity index (χ1) is 13.7. The Morgan fingerprint density at radius 1 is 1.11 bits per heavy atom. The number of nitrogens with zero attached hydrogens (tertiary/aromatic N) is 2. The summed E-state index contributed by atoms with van der Waals surface area (Å²) in [6.45, 7) is 4.86. The van der Waals surface area contributed by atoms with Crippen LogP contribution in [0, 0.1) is 0 Å². The fraction of sp³-hybridized carbons (Fsp3) is 0.318. The number of hydrogen-bond acceptors (Lipinski definition) is 5. The second-order valence-corrected chi connectivity index (χ2v) is 7.70. The fourth-order valence-electron chi connectivity index (χ4n) is 2.79. The van der Waals surface area contributed by atoms with E-state index in [4.69, 9.17) is 4.74 Å². The third-order valence-electron chi connectivity index (χ3n) is 4.35. The molecule has 6 heteroatoms. The fourth-order valence-corrected chi connectivity index (χ4v) is 3.75. The lowest BCUT2D eigenvalue weighted by Gasteiger charge is -2.06. The summed E-state index contributed by atoms with van der Waals surface area (Å²) in [4.78, 5) is 12.2. The molecule has 0 radical (unpaired) electrons. The Bertz CT molecular complexity index is 862. The van der Waals surface area contributed by atoms with Gasteiger partial charge in [-0.3, -0.25) is 4.79 Å². The van der Waals surface area contributed by atoms with Gasteiger partial charge in [0.15, 0.2) is 5.17 Å². The lowest BCUT2D eigenvalue weighted by molar-refractivity contribution is -0.118. The van der Waals surface area contributed by atoms with Crippen molar-refractivity contribution in [2.75, 3.05) is 6.61 Å². The predicted octanol–water partition coefficient (Wildman–Crippen LogP) is 4.20. The van der Waals surface area contributed by atoms with Crippen molar-refractivity contribution in [3.63, 3.8) is 0 Å². The van der Waals surface area contributed by atoms with E-state index in [1.165, 1.54) is 17.3 Å². The van der Waals surface area contributed by atoms with Crippen molar-refractivity contribution >= 4 is 29.1 Å². The highest BCUT2D eigenvalue weighted by molar-refractivity contribution is 8.15. The Balaban J connectivity index is 1.61. The Labute approximate surface area is 170 Å². The van der Waals surface area contributed by atoms with Crippen molar-refractivity contribution in [2.45, 2.75) is 38.4 Å². The third-order valence-corrected chi connectivity index (χ3v) is 5.43. The highest BCUT2D eigenvalue weighted by Crippen LogP contribution is 2.24. The number of para-hydroxylation sites is 1. The third kappa shape index (κ3) is 5.45. The van der Waals surface area contributed by atoms with Gasteiger partial charge < -0.3 is 10.1 Å². The largest absolute Gasteiger partial charge is 0.493 e. The minimum Gasteiger partial charge on any atom is -0.493 e. The van der Waals surface area contributed by atoms with Crippen LogP contribution in [0.4, 0.5) is 0 Å². The number of hydrogen-bond donors (Lipinski definition) is 1. The molecule has 2 aromatic rings. The highest BCUT2D eigenvalue weighted by Gasteiger charge is 2.30. The molecule has 2 aromatic carbocycles. The van der Waals surface area contributed by atoms with Gasteiger partial charge in [0.25, 0.3) is 0 Å². The normalized spacial score (nSPS) is 18.0. The maximum atomic E-state index is 12.2. The van der Waals surface area contributed by atoms with Crippen LogP contribution < -0.4 is 10.1 Å². The molecule has 1 atom stereocenters. The summed E-state index contributed by atoms with van der Waals surface area (Å²) in [5, 5.41) is 11.5. The second kappa shape index (κ2) is 10.1. The molecule has 28 heavy (non-hydrogen) atoms. The number of ether oxygens (including phenoxy) is 1. The summed E-state index contributed by atoms with van der Waals surface area (Å²) in [6.07, 6.45) is 4.29. The molecule has 0 aliphatic carbocycles. The molecule has 0 saturated carbocycles. The summed E-state index contributed by atoms with van der Waals surface area (Å²) < 4.78 is 5.71. The van der Waals surface area contributed by atoms with Crippen LogP contribution in [0.3, 0.4) is 0 Å². The number of amidine groups is 1. The quantitative estimate of drug-likeness (QED) is 0.538. The van der Waals surface area contributed by atoms with Crippen molar-refractivity contribution in [2.24, 2.45) is 10.2 Å². The Morgan fingerprint density at radius 3 is 2.61 bits per heavy atom. The van der Waals surface area contributed by atoms with E-state index in [-0.39, 0.29) is 11.2 Å². The van der Waals surface area contributed by atoms with Crippen LogP contribution in [-0.2, 0) is 17.6 Å². The minimum absolute atomic E-state index is 0.0230. The maximum absolute atomic E-state index is 12.2. The first-order valence-electron chi connectivity index (χ1n) is 9.57. The summed E-state index contributed by atoms with van der Waals surface area (Å²) in [5.74, 6) is 0.759. The number of carbonyl (C=O) groups excluding carboxylic acids is 1. The van der Waals surface area contributed by atoms with Gasteiger partial charge in [0, 0.05) is 5.56 Å². The lowest BCUT2D eigenvalue weighted by atomic mass is 10.1. The van der Waals surface area contributed by atoms with Gasteiger partial charge in [0.2, 0.25) is 5.91 Å². The summed E-state index contributed by atoms with van der Waals surface area (Å²) >= 11 is 1.42. The van der Waals surface area contributed by atoms with Crippen LogP contribution in [0.2, 0.25) is 0 Å². The molecule has 5 nitrogen and oxygen atoms in total. The van der Waals surface area contributed by atoms with Gasteiger partial charge >= 0.3 is 0 Å². The lowest BCUT2D eigenvalue weighted by Crippen LogP contribution is -2.25. The van der Waals surface area contributed by atoms with Crippen molar-refractivity contribution in [1.29, 1.82) is 0 Å². The van der Waals surface area contributed by atoms with E-state index in [1.807, 2.05) is 24.3 Å². The van der Waals surface area contributed by atoms with Crippen molar-refractivity contribution in [1.82, 2.24) is 5.32 Å². The molecular formula is C22H25N3O2S. The first kappa shape index (κ1) is 20.1. The Morgan fingerprint density at radius 2 is 1.86 bits per heavy atom. The monoisotopic (exact) mass is 395 g/mol. The Kier molecular flexibility index (Phi) is 7.25. The molecule has 1 fully saturated rings. The van der Waals surface area contributed by atoms with Crippen LogP contribution in [0.25, 0.3) is 0 Å². The van der Waals surface area contributed by atoms with Crippen LogP contribution in [0.1, 0.15) is 37.0 Å². The Hall–Kier alpha value is -2.60. The molecule has 1 saturated heterocycles. The van der Waals surface area contributed by atoms with Crippen LogP contribution in [-0.4, -0.2) is 29.1 Å². The number of rotatable bonds is 8. The zero-order valence-corrected chi connectivity index (χ0v) is 17.0. The maximum Gasteiger partial charge on any atom is 0.239 e. The number of benzene rings is 2. The molecule has 1 heterocycles. The molecule has 3 rings (SSSR count). The molecule has 0 spiro atoms. The van der Waals surface area contributed by atoms with Crippen molar-refractivity contribution in [3.8, 4) is 5.75 Å². The predicted molar refractivity (Wildman–Crippen MR) is 116 cm³/mol. The molecule has 0 aromatic heterocycles. The average Bonchev–Trinajstić information content (AvgIpc) is 3.07. The highest BCUT2D eigenvalue weighted by atomic mass is 32.2. The SMILES string of the molecule is CCCOc1ccccc1C=NN=C1NC(=O)C(Cc2ccc(CC)cc2)S1. The van der Waals surface area contributed by atoms with Gasteiger partial charge in [-0.1, -0.05) is 62.0 Å². The van der Waals surface area contributed by atoms with Gasteiger partial charge in [0.05, 0.1) is 18.1 Å². The molecule has 0 bridgehead atoms. The topological polar surface area (TPSA) is 63.1 Å². The van der Waals surface area contributed by atoms with Crippen LogP contribution >= 0.6 is 11.8 Å². The van der Waals surface area contributed by atoms with Crippen LogP contribution in [0.15, 0.2) is 58.7 Å². The molecule has 1 aliphatic rings. The standard InChI is InChI=1S/C22H25N3O2S/c1-3-13-27-19-8-6-5-7-18(19)15-23-25-22-24-21(26)20(28-22)14-17-11-9-16(4-2)10-12-17/h5-12,15,20H,3-4,13-14H2,1-2H3,(H,24,25,26).